The zero-order valence-corrected chi connectivity index (χ0v) is 8.21. The molecule has 0 bridgehead atoms. The maximum atomic E-state index is 6.00. The molecule has 72 valence electrons. The molecule has 0 amide bonds. The molecule has 0 aliphatic heterocycles. The maximum absolute atomic E-state index is 6.00. The van der Waals surface area contributed by atoms with Gasteiger partial charge >= 0.3 is 0 Å². The van der Waals surface area contributed by atoms with Gasteiger partial charge in [-0.2, -0.15) is 5.10 Å². The van der Waals surface area contributed by atoms with Crippen molar-refractivity contribution in [1.82, 2.24) is 9.78 Å². The Morgan fingerprint density at radius 1 is 1.46 bits per heavy atom. The Bertz CT molecular complexity index is 301. The predicted octanol–water partition coefficient (Wildman–Crippen LogP) is 1.75. The number of aryl methyl sites for hydroxylation is 2. The van der Waals surface area contributed by atoms with E-state index < -0.39 is 0 Å². The van der Waals surface area contributed by atoms with Crippen LogP contribution in [0.25, 0.3) is 0 Å². The molecular weight excluding hydrogens is 162 g/mol. The van der Waals surface area contributed by atoms with Crippen molar-refractivity contribution < 1.29 is 0 Å². The predicted molar refractivity (Wildman–Crippen MR) is 53.6 cm³/mol. The lowest BCUT2D eigenvalue weighted by atomic mass is 10.2. The minimum Gasteiger partial charge on any atom is -0.384 e. The topological polar surface area (TPSA) is 43.8 Å². The van der Waals surface area contributed by atoms with Gasteiger partial charge in [-0.3, -0.25) is 0 Å². The van der Waals surface area contributed by atoms with Crippen LogP contribution in [0.15, 0.2) is 0 Å². The fourth-order valence-electron chi connectivity index (χ4n) is 1.95. The van der Waals surface area contributed by atoms with Crippen LogP contribution in [0.5, 0.6) is 0 Å². The number of nitrogens with zero attached hydrogens (tertiary/aromatic N) is 2. The lowest BCUT2D eigenvalue weighted by molar-refractivity contribution is 0.570. The summed E-state index contributed by atoms with van der Waals surface area (Å²) in [4.78, 5) is 0. The summed E-state index contributed by atoms with van der Waals surface area (Å²) in [6.07, 6.45) is 5.86. The first-order chi connectivity index (χ1) is 6.33. The van der Waals surface area contributed by atoms with E-state index in [0.717, 1.165) is 25.2 Å². The zero-order valence-electron chi connectivity index (χ0n) is 8.21. The third-order valence-corrected chi connectivity index (χ3v) is 2.74. The van der Waals surface area contributed by atoms with Crippen LogP contribution in [-0.2, 0) is 19.4 Å². The lowest BCUT2D eigenvalue weighted by Crippen LogP contribution is -2.06. The highest BCUT2D eigenvalue weighted by Crippen LogP contribution is 2.26. The van der Waals surface area contributed by atoms with Gasteiger partial charge < -0.3 is 5.73 Å². The fourth-order valence-corrected chi connectivity index (χ4v) is 1.95. The van der Waals surface area contributed by atoms with Gasteiger partial charge in [-0.15, -0.1) is 0 Å². The molecule has 3 nitrogen and oxygen atoms in total. The van der Waals surface area contributed by atoms with Gasteiger partial charge in [0, 0.05) is 12.1 Å². The van der Waals surface area contributed by atoms with Crippen LogP contribution in [0.4, 0.5) is 5.82 Å². The molecule has 0 spiro atoms. The minimum absolute atomic E-state index is 0.918. The number of nitrogen functional groups attached to an aromatic ring is 1. The SMILES string of the molecule is CCCCn1nc2c(c1N)CCC2. The molecule has 13 heavy (non-hydrogen) atoms. The van der Waals surface area contributed by atoms with Crippen LogP contribution < -0.4 is 5.73 Å². The van der Waals surface area contributed by atoms with Crippen LogP contribution in [0.1, 0.15) is 37.4 Å². The molecular formula is C10H17N3. The summed E-state index contributed by atoms with van der Waals surface area (Å²) in [5.74, 6) is 0.918. The molecule has 2 N–H and O–H groups in total. The highest BCUT2D eigenvalue weighted by molar-refractivity contribution is 5.45. The van der Waals surface area contributed by atoms with Crippen LogP contribution in [0.3, 0.4) is 0 Å². The molecule has 1 aromatic heterocycles. The van der Waals surface area contributed by atoms with Gasteiger partial charge in [0.15, 0.2) is 0 Å². The summed E-state index contributed by atoms with van der Waals surface area (Å²) >= 11 is 0. The van der Waals surface area contributed by atoms with E-state index in [-0.39, 0.29) is 0 Å². The van der Waals surface area contributed by atoms with E-state index in [1.54, 1.807) is 0 Å². The first-order valence-corrected chi connectivity index (χ1v) is 5.17. The van der Waals surface area contributed by atoms with E-state index >= 15 is 0 Å². The highest BCUT2D eigenvalue weighted by atomic mass is 15.3. The number of rotatable bonds is 3. The molecule has 1 aromatic rings. The number of hydrogen-bond acceptors (Lipinski definition) is 2. The Kier molecular flexibility index (Phi) is 2.25. The Labute approximate surface area is 78.9 Å². The third kappa shape index (κ3) is 1.43. The van der Waals surface area contributed by atoms with Crippen molar-refractivity contribution in [1.29, 1.82) is 0 Å². The van der Waals surface area contributed by atoms with Crippen molar-refractivity contribution in [3.8, 4) is 0 Å². The quantitative estimate of drug-likeness (QED) is 0.768. The second kappa shape index (κ2) is 3.40. The van der Waals surface area contributed by atoms with Crippen LogP contribution in [0, 0.1) is 0 Å². The third-order valence-electron chi connectivity index (χ3n) is 2.74. The largest absolute Gasteiger partial charge is 0.384 e. The van der Waals surface area contributed by atoms with Gasteiger partial charge in [-0.05, 0) is 25.7 Å². The van der Waals surface area contributed by atoms with Gasteiger partial charge in [0.1, 0.15) is 5.82 Å². The lowest BCUT2D eigenvalue weighted by Gasteiger charge is -2.03. The maximum Gasteiger partial charge on any atom is 0.125 e. The van der Waals surface area contributed by atoms with Crippen molar-refractivity contribution in [2.45, 2.75) is 45.6 Å². The van der Waals surface area contributed by atoms with Crippen molar-refractivity contribution >= 4 is 5.82 Å². The van der Waals surface area contributed by atoms with E-state index in [2.05, 4.69) is 12.0 Å². The Morgan fingerprint density at radius 3 is 3.00 bits per heavy atom. The summed E-state index contributed by atoms with van der Waals surface area (Å²) in [6, 6.07) is 0. The van der Waals surface area contributed by atoms with E-state index in [4.69, 9.17) is 5.73 Å². The first kappa shape index (κ1) is 8.60. The standard InChI is InChI=1S/C10H17N3/c1-2-3-7-13-10(11)8-5-4-6-9(8)12-13/h2-7,11H2,1H3. The van der Waals surface area contributed by atoms with Gasteiger partial charge in [0.2, 0.25) is 0 Å². The van der Waals surface area contributed by atoms with Crippen LogP contribution in [0.2, 0.25) is 0 Å². The van der Waals surface area contributed by atoms with E-state index in [1.807, 2.05) is 4.68 Å². The summed E-state index contributed by atoms with van der Waals surface area (Å²) in [6.45, 7) is 3.17. The molecule has 3 heteroatoms. The first-order valence-electron chi connectivity index (χ1n) is 5.17. The number of fused-ring (bicyclic) bond motifs is 1. The summed E-state index contributed by atoms with van der Waals surface area (Å²) in [7, 11) is 0. The Hall–Kier alpha value is -0.990. The van der Waals surface area contributed by atoms with Crippen molar-refractivity contribution in [2.24, 2.45) is 0 Å². The molecule has 0 aromatic carbocycles. The average Bonchev–Trinajstić information content (AvgIpc) is 2.67. The van der Waals surface area contributed by atoms with Crippen LogP contribution in [-0.4, -0.2) is 9.78 Å². The van der Waals surface area contributed by atoms with Crippen molar-refractivity contribution in [3.05, 3.63) is 11.3 Å². The Balaban J connectivity index is 2.18. The zero-order chi connectivity index (χ0) is 9.26. The molecule has 1 aliphatic carbocycles. The van der Waals surface area contributed by atoms with E-state index in [1.165, 1.54) is 30.5 Å². The van der Waals surface area contributed by atoms with Crippen LogP contribution >= 0.6 is 0 Å². The number of anilines is 1. The van der Waals surface area contributed by atoms with Crippen molar-refractivity contribution in [3.63, 3.8) is 0 Å². The molecule has 0 radical (unpaired) electrons. The average molecular weight is 179 g/mol. The minimum atomic E-state index is 0.918. The molecule has 0 unspecified atom stereocenters. The van der Waals surface area contributed by atoms with E-state index in [0.29, 0.717) is 0 Å². The number of nitrogens with two attached hydrogens (primary N) is 1. The van der Waals surface area contributed by atoms with Crippen molar-refractivity contribution in [2.75, 3.05) is 5.73 Å². The number of hydrogen-bond donors (Lipinski definition) is 1. The molecule has 1 aliphatic rings. The fraction of sp³-hybridized carbons (Fsp3) is 0.700. The van der Waals surface area contributed by atoms with E-state index in [9.17, 15) is 0 Å². The highest BCUT2D eigenvalue weighted by Gasteiger charge is 2.19. The molecule has 0 fully saturated rings. The van der Waals surface area contributed by atoms with Gasteiger partial charge in [-0.25, -0.2) is 4.68 Å². The summed E-state index contributed by atoms with van der Waals surface area (Å²) in [5.41, 5.74) is 8.56. The molecule has 0 saturated heterocycles. The van der Waals surface area contributed by atoms with Gasteiger partial charge in [-0.1, -0.05) is 13.3 Å². The summed E-state index contributed by atoms with van der Waals surface area (Å²) in [5, 5.41) is 4.52. The number of unbranched alkanes of at least 4 members (excludes halogenated alkanes) is 1. The number of aromatic nitrogens is 2. The smallest absolute Gasteiger partial charge is 0.125 e. The molecule has 0 saturated carbocycles. The van der Waals surface area contributed by atoms with Gasteiger partial charge in [0.25, 0.3) is 0 Å². The second-order valence-electron chi connectivity index (χ2n) is 3.74. The molecule has 0 atom stereocenters. The van der Waals surface area contributed by atoms with Gasteiger partial charge in [0.05, 0.1) is 5.69 Å². The second-order valence-corrected chi connectivity index (χ2v) is 3.74. The molecule has 2 rings (SSSR count). The Morgan fingerprint density at radius 2 is 2.31 bits per heavy atom. The summed E-state index contributed by atoms with van der Waals surface area (Å²) < 4.78 is 1.98. The normalized spacial score (nSPS) is 14.8. The molecule has 1 heterocycles. The monoisotopic (exact) mass is 179 g/mol.